The number of aromatic nitrogens is 3. The standard InChI is InChI=1S/C14H11N3O4/c1-21-10-5-3-2-4-7(10)9-6-8(14(19)20)11-12(15-9)16-17-13(11)18/h2-6H,1H3,(H,19,20)(H2,15,16,17,18). The average Bonchev–Trinajstić information content (AvgIpc) is 2.87. The summed E-state index contributed by atoms with van der Waals surface area (Å²) < 4.78 is 5.25. The molecule has 7 nitrogen and oxygen atoms in total. The van der Waals surface area contributed by atoms with Gasteiger partial charge in [-0.05, 0) is 18.2 Å². The van der Waals surface area contributed by atoms with Gasteiger partial charge in [-0.2, -0.15) is 0 Å². The molecule has 0 atom stereocenters. The molecule has 0 saturated carbocycles. The molecule has 3 N–H and O–H groups in total. The number of hydrogen-bond donors (Lipinski definition) is 3. The number of para-hydroxylation sites is 1. The predicted octanol–water partition coefficient (Wildman–Crippen LogP) is 1.62. The highest BCUT2D eigenvalue weighted by molar-refractivity contribution is 6.02. The number of aromatic carboxylic acids is 1. The number of carbonyl (C=O) groups is 1. The van der Waals surface area contributed by atoms with Crippen LogP contribution in [0.3, 0.4) is 0 Å². The number of H-pyrrole nitrogens is 2. The first kappa shape index (κ1) is 12.9. The Balaban J connectivity index is 2.34. The van der Waals surface area contributed by atoms with E-state index in [9.17, 15) is 14.7 Å². The third-order valence-corrected chi connectivity index (χ3v) is 3.15. The maximum absolute atomic E-state index is 11.7. The minimum Gasteiger partial charge on any atom is -0.496 e. The van der Waals surface area contributed by atoms with Crippen molar-refractivity contribution >= 4 is 17.0 Å². The molecular formula is C14H11N3O4. The van der Waals surface area contributed by atoms with Crippen LogP contribution in [0.5, 0.6) is 5.75 Å². The zero-order valence-electron chi connectivity index (χ0n) is 11.0. The molecule has 3 aromatic rings. The second-order valence-electron chi connectivity index (χ2n) is 4.36. The Hall–Kier alpha value is -3.09. The Labute approximate surface area is 118 Å². The molecule has 3 rings (SSSR count). The number of fused-ring (bicyclic) bond motifs is 1. The maximum Gasteiger partial charge on any atom is 0.336 e. The maximum atomic E-state index is 11.7. The van der Waals surface area contributed by atoms with Crippen molar-refractivity contribution in [2.75, 3.05) is 7.11 Å². The van der Waals surface area contributed by atoms with E-state index in [0.717, 1.165) is 0 Å². The molecule has 0 aliphatic carbocycles. The van der Waals surface area contributed by atoms with E-state index in [1.54, 1.807) is 24.3 Å². The van der Waals surface area contributed by atoms with Crippen molar-refractivity contribution in [1.29, 1.82) is 0 Å². The number of hydrogen-bond acceptors (Lipinski definition) is 4. The summed E-state index contributed by atoms with van der Waals surface area (Å²) >= 11 is 0. The van der Waals surface area contributed by atoms with Crippen LogP contribution >= 0.6 is 0 Å². The number of rotatable bonds is 3. The lowest BCUT2D eigenvalue weighted by atomic mass is 10.1. The van der Waals surface area contributed by atoms with Crippen molar-refractivity contribution in [3.63, 3.8) is 0 Å². The van der Waals surface area contributed by atoms with E-state index in [1.165, 1.54) is 13.2 Å². The Morgan fingerprint density at radius 2 is 2.05 bits per heavy atom. The Kier molecular flexibility index (Phi) is 2.94. The molecular weight excluding hydrogens is 274 g/mol. The molecule has 0 radical (unpaired) electrons. The summed E-state index contributed by atoms with van der Waals surface area (Å²) in [7, 11) is 1.52. The monoisotopic (exact) mass is 285 g/mol. The van der Waals surface area contributed by atoms with Crippen molar-refractivity contribution in [3.8, 4) is 17.0 Å². The number of nitrogens with one attached hydrogen (secondary N) is 2. The van der Waals surface area contributed by atoms with Crippen LogP contribution < -0.4 is 10.3 Å². The summed E-state index contributed by atoms with van der Waals surface area (Å²) in [6.45, 7) is 0. The number of aromatic amines is 2. The van der Waals surface area contributed by atoms with Gasteiger partial charge < -0.3 is 9.84 Å². The molecule has 106 valence electrons. The first-order valence-electron chi connectivity index (χ1n) is 6.10. The molecule has 0 saturated heterocycles. The highest BCUT2D eigenvalue weighted by atomic mass is 16.5. The summed E-state index contributed by atoms with van der Waals surface area (Å²) in [5.41, 5.74) is 0.629. The Morgan fingerprint density at radius 1 is 1.29 bits per heavy atom. The van der Waals surface area contributed by atoms with Gasteiger partial charge in [-0.1, -0.05) is 12.1 Å². The summed E-state index contributed by atoms with van der Waals surface area (Å²) in [5, 5.41) is 14.2. The molecule has 1 aromatic carbocycles. The fraction of sp³-hybridized carbons (Fsp3) is 0.0714. The minimum absolute atomic E-state index is 0.0288. The molecule has 7 heteroatoms. The van der Waals surface area contributed by atoms with Gasteiger partial charge in [-0.3, -0.25) is 15.0 Å². The highest BCUT2D eigenvalue weighted by Gasteiger charge is 2.18. The molecule has 0 spiro atoms. The van der Waals surface area contributed by atoms with Crippen LogP contribution in [0, 0.1) is 0 Å². The quantitative estimate of drug-likeness (QED) is 0.677. The lowest BCUT2D eigenvalue weighted by Gasteiger charge is -2.08. The van der Waals surface area contributed by atoms with E-state index < -0.39 is 11.5 Å². The van der Waals surface area contributed by atoms with Gasteiger partial charge in [0.1, 0.15) is 5.75 Å². The largest absolute Gasteiger partial charge is 0.496 e. The molecule has 0 aliphatic heterocycles. The first-order chi connectivity index (χ1) is 10.1. The van der Waals surface area contributed by atoms with Gasteiger partial charge in [-0.25, -0.2) is 9.78 Å². The minimum atomic E-state index is -1.19. The normalized spacial score (nSPS) is 10.7. The van der Waals surface area contributed by atoms with Gasteiger partial charge in [0.15, 0.2) is 5.65 Å². The smallest absolute Gasteiger partial charge is 0.336 e. The van der Waals surface area contributed by atoms with Gasteiger partial charge in [0.05, 0.1) is 23.8 Å². The average molecular weight is 285 g/mol. The number of carboxylic acid groups (broad SMARTS) is 1. The van der Waals surface area contributed by atoms with Crippen molar-refractivity contribution in [2.45, 2.75) is 0 Å². The van der Waals surface area contributed by atoms with Crippen LogP contribution in [0.25, 0.3) is 22.3 Å². The number of pyridine rings is 1. The number of nitrogens with zero attached hydrogens (tertiary/aromatic N) is 1. The molecule has 0 amide bonds. The van der Waals surface area contributed by atoms with Gasteiger partial charge >= 0.3 is 5.97 Å². The van der Waals surface area contributed by atoms with Gasteiger partial charge in [0.25, 0.3) is 5.56 Å². The lowest BCUT2D eigenvalue weighted by molar-refractivity contribution is 0.0699. The van der Waals surface area contributed by atoms with Crippen molar-refractivity contribution < 1.29 is 14.6 Å². The molecule has 2 aromatic heterocycles. The van der Waals surface area contributed by atoms with Gasteiger partial charge in [-0.15, -0.1) is 0 Å². The fourth-order valence-corrected chi connectivity index (χ4v) is 2.21. The molecule has 0 bridgehead atoms. The van der Waals surface area contributed by atoms with Crippen LogP contribution in [0.4, 0.5) is 0 Å². The topological polar surface area (TPSA) is 108 Å². The van der Waals surface area contributed by atoms with Crippen LogP contribution in [0.15, 0.2) is 35.1 Å². The highest BCUT2D eigenvalue weighted by Crippen LogP contribution is 2.30. The van der Waals surface area contributed by atoms with Gasteiger partial charge in [0, 0.05) is 5.56 Å². The molecule has 0 unspecified atom stereocenters. The Bertz CT molecular complexity index is 895. The van der Waals surface area contributed by atoms with Crippen molar-refractivity contribution in [1.82, 2.24) is 15.2 Å². The number of carboxylic acids is 1. The van der Waals surface area contributed by atoms with E-state index in [2.05, 4.69) is 15.2 Å². The summed E-state index contributed by atoms with van der Waals surface area (Å²) in [5.74, 6) is -0.623. The van der Waals surface area contributed by atoms with E-state index in [0.29, 0.717) is 17.0 Å². The van der Waals surface area contributed by atoms with E-state index in [-0.39, 0.29) is 16.6 Å². The summed E-state index contributed by atoms with van der Waals surface area (Å²) in [6, 6.07) is 8.48. The number of ether oxygens (including phenoxy) is 1. The number of methoxy groups -OCH3 is 1. The molecule has 0 fully saturated rings. The SMILES string of the molecule is COc1ccccc1-c1cc(C(=O)O)c2c(=O)[nH][nH]c2n1. The van der Waals surface area contributed by atoms with Crippen molar-refractivity contribution in [3.05, 3.63) is 46.2 Å². The van der Waals surface area contributed by atoms with E-state index in [1.807, 2.05) is 0 Å². The van der Waals surface area contributed by atoms with Gasteiger partial charge in [0.2, 0.25) is 0 Å². The van der Waals surface area contributed by atoms with Crippen LogP contribution in [-0.4, -0.2) is 33.4 Å². The van der Waals surface area contributed by atoms with Crippen LogP contribution in [0.2, 0.25) is 0 Å². The molecule has 21 heavy (non-hydrogen) atoms. The third-order valence-electron chi connectivity index (χ3n) is 3.15. The predicted molar refractivity (Wildman–Crippen MR) is 75.7 cm³/mol. The van der Waals surface area contributed by atoms with Crippen LogP contribution in [-0.2, 0) is 0 Å². The lowest BCUT2D eigenvalue weighted by Crippen LogP contribution is -2.06. The van der Waals surface area contributed by atoms with Crippen LogP contribution in [0.1, 0.15) is 10.4 Å². The zero-order valence-corrected chi connectivity index (χ0v) is 11.0. The summed E-state index contributed by atoms with van der Waals surface area (Å²) in [6.07, 6.45) is 0. The second-order valence-corrected chi connectivity index (χ2v) is 4.36. The van der Waals surface area contributed by atoms with E-state index >= 15 is 0 Å². The molecule has 0 aliphatic rings. The molecule has 2 heterocycles. The fourth-order valence-electron chi connectivity index (χ4n) is 2.21. The zero-order chi connectivity index (χ0) is 15.0. The number of benzene rings is 1. The van der Waals surface area contributed by atoms with E-state index in [4.69, 9.17) is 4.74 Å². The summed E-state index contributed by atoms with van der Waals surface area (Å²) in [4.78, 5) is 27.3. The third kappa shape index (κ3) is 2.04. The second kappa shape index (κ2) is 4.78. The Morgan fingerprint density at radius 3 is 2.76 bits per heavy atom. The first-order valence-corrected chi connectivity index (χ1v) is 6.10. The van der Waals surface area contributed by atoms with Crippen molar-refractivity contribution in [2.24, 2.45) is 0 Å².